The fourth-order valence-corrected chi connectivity index (χ4v) is 3.53. The lowest BCUT2D eigenvalue weighted by atomic mass is 9.93. The third-order valence-corrected chi connectivity index (χ3v) is 4.98. The highest BCUT2D eigenvalue weighted by molar-refractivity contribution is 5.92. The van der Waals surface area contributed by atoms with E-state index in [1.165, 1.54) is 27.8 Å². The van der Waals surface area contributed by atoms with Crippen LogP contribution in [0.4, 0.5) is 5.82 Å². The van der Waals surface area contributed by atoms with Gasteiger partial charge in [-0.25, -0.2) is 0 Å². The third-order valence-electron chi connectivity index (χ3n) is 4.98. The molecule has 1 N–H and O–H groups in total. The monoisotopic (exact) mass is 328 g/mol. The van der Waals surface area contributed by atoms with Crippen molar-refractivity contribution in [1.29, 1.82) is 0 Å². The van der Waals surface area contributed by atoms with Gasteiger partial charge in [0, 0.05) is 17.6 Å². The van der Waals surface area contributed by atoms with Gasteiger partial charge in [-0.05, 0) is 43.9 Å². The first-order valence-corrected chi connectivity index (χ1v) is 7.82. The van der Waals surface area contributed by atoms with Gasteiger partial charge in [0.05, 0.1) is 17.8 Å². The predicted molar refractivity (Wildman–Crippen MR) is 96.5 cm³/mol. The molecule has 3 heterocycles. The average Bonchev–Trinajstić information content (AvgIpc) is 2.83. The molecule has 2 aromatic heterocycles. The summed E-state index contributed by atoms with van der Waals surface area (Å²) in [5.41, 5.74) is 6.40. The number of rotatable bonds is 1. The maximum absolute atomic E-state index is 4.45. The topological polar surface area (TPSA) is 44.8 Å². The molecule has 4 rings (SSSR count). The molecule has 1 atom stereocenters. The van der Waals surface area contributed by atoms with Crippen molar-refractivity contribution in [2.24, 2.45) is 0 Å². The van der Waals surface area contributed by atoms with Crippen LogP contribution in [0.5, 0.6) is 0 Å². The molecule has 0 fully saturated rings. The van der Waals surface area contributed by atoms with Crippen molar-refractivity contribution in [1.82, 2.24) is 15.2 Å². The van der Waals surface area contributed by atoms with Crippen molar-refractivity contribution in [2.45, 2.75) is 33.2 Å². The summed E-state index contributed by atoms with van der Waals surface area (Å²) in [5.74, 6) is 0.968. The van der Waals surface area contributed by atoms with E-state index in [-0.39, 0.29) is 12.4 Å². The maximum atomic E-state index is 4.45. The lowest BCUT2D eigenvalue weighted by Gasteiger charge is -2.36. The number of benzene rings is 1. The summed E-state index contributed by atoms with van der Waals surface area (Å²) in [6.45, 7) is 7.47. The molecule has 1 aliphatic heterocycles. The molecule has 1 aliphatic rings. The van der Waals surface area contributed by atoms with Crippen LogP contribution >= 0.6 is 12.4 Å². The Bertz CT molecular complexity index is 855. The number of fused-ring (bicyclic) bond motifs is 2. The Morgan fingerprint density at radius 1 is 1.22 bits per heavy atom. The molecule has 0 amide bonds. The minimum atomic E-state index is 0. The first-order chi connectivity index (χ1) is 10.7. The first kappa shape index (κ1) is 15.8. The SMILES string of the molecule is Cc1[nH]c2c(N3CCc4ccccc4C3C)nncc2c1C.Cl. The molecule has 120 valence electrons. The van der Waals surface area contributed by atoms with Crippen molar-refractivity contribution in [2.75, 3.05) is 11.4 Å². The van der Waals surface area contributed by atoms with Gasteiger partial charge in [-0.2, -0.15) is 5.10 Å². The van der Waals surface area contributed by atoms with E-state index < -0.39 is 0 Å². The first-order valence-electron chi connectivity index (χ1n) is 7.82. The van der Waals surface area contributed by atoms with Crippen LogP contribution in [0.3, 0.4) is 0 Å². The molecule has 3 aromatic rings. The molecule has 0 radical (unpaired) electrons. The van der Waals surface area contributed by atoms with E-state index in [1.807, 2.05) is 6.20 Å². The Balaban J connectivity index is 0.00000156. The number of nitrogens with zero attached hydrogens (tertiary/aromatic N) is 3. The summed E-state index contributed by atoms with van der Waals surface area (Å²) < 4.78 is 0. The van der Waals surface area contributed by atoms with Gasteiger partial charge in [-0.1, -0.05) is 24.3 Å². The Morgan fingerprint density at radius 3 is 2.83 bits per heavy atom. The number of nitrogens with one attached hydrogen (secondary N) is 1. The van der Waals surface area contributed by atoms with Crippen molar-refractivity contribution in [3.8, 4) is 0 Å². The van der Waals surface area contributed by atoms with Gasteiger partial charge < -0.3 is 9.88 Å². The quantitative estimate of drug-likeness (QED) is 0.730. The number of H-pyrrole nitrogens is 1. The van der Waals surface area contributed by atoms with E-state index >= 15 is 0 Å². The summed E-state index contributed by atoms with van der Waals surface area (Å²) in [4.78, 5) is 5.86. The molecule has 1 unspecified atom stereocenters. The van der Waals surface area contributed by atoms with Gasteiger partial charge in [0.2, 0.25) is 0 Å². The second kappa shape index (κ2) is 5.85. The molecule has 0 saturated carbocycles. The highest BCUT2D eigenvalue weighted by atomic mass is 35.5. The van der Waals surface area contributed by atoms with Crippen molar-refractivity contribution in [3.05, 3.63) is 52.8 Å². The van der Waals surface area contributed by atoms with Gasteiger partial charge in [0.1, 0.15) is 0 Å². The number of aromatic nitrogens is 3. The van der Waals surface area contributed by atoms with Crippen LogP contribution in [0.1, 0.15) is 35.3 Å². The molecular weight excluding hydrogens is 308 g/mol. The van der Waals surface area contributed by atoms with E-state index in [0.717, 1.165) is 24.3 Å². The van der Waals surface area contributed by atoms with Gasteiger partial charge in [-0.15, -0.1) is 17.5 Å². The summed E-state index contributed by atoms with van der Waals surface area (Å²) in [6.07, 6.45) is 2.91. The highest BCUT2D eigenvalue weighted by Gasteiger charge is 2.26. The fraction of sp³-hybridized carbons (Fsp3) is 0.333. The minimum absolute atomic E-state index is 0. The van der Waals surface area contributed by atoms with Crippen molar-refractivity contribution in [3.63, 3.8) is 0 Å². The zero-order valence-corrected chi connectivity index (χ0v) is 14.4. The normalized spacial score (nSPS) is 17.0. The largest absolute Gasteiger partial charge is 0.355 e. The molecule has 0 bridgehead atoms. The van der Waals surface area contributed by atoms with E-state index in [0.29, 0.717) is 6.04 Å². The molecular formula is C18H21ClN4. The van der Waals surface area contributed by atoms with E-state index in [9.17, 15) is 0 Å². The number of aryl methyl sites for hydroxylation is 2. The Morgan fingerprint density at radius 2 is 2.00 bits per heavy atom. The average molecular weight is 329 g/mol. The predicted octanol–water partition coefficient (Wildman–Crippen LogP) is 4.12. The molecule has 0 saturated heterocycles. The molecule has 0 aliphatic carbocycles. The second-order valence-corrected chi connectivity index (χ2v) is 6.15. The summed E-state index contributed by atoms with van der Waals surface area (Å²) in [6, 6.07) is 9.02. The highest BCUT2D eigenvalue weighted by Crippen LogP contribution is 2.35. The van der Waals surface area contributed by atoms with Gasteiger partial charge >= 0.3 is 0 Å². The standard InChI is InChI=1S/C18H20N4.ClH/c1-11-12(2)20-17-16(11)10-19-21-18(17)22-9-8-14-6-4-5-7-15(14)13(22)3;/h4-7,10,13,20H,8-9H2,1-3H3;1H. The van der Waals surface area contributed by atoms with E-state index in [1.54, 1.807) is 0 Å². The fourth-order valence-electron chi connectivity index (χ4n) is 3.53. The zero-order chi connectivity index (χ0) is 15.3. The minimum Gasteiger partial charge on any atom is -0.355 e. The van der Waals surface area contributed by atoms with Crippen LogP contribution in [-0.4, -0.2) is 21.7 Å². The van der Waals surface area contributed by atoms with E-state index in [2.05, 4.69) is 65.1 Å². The van der Waals surface area contributed by atoms with Gasteiger partial charge in [-0.3, -0.25) is 0 Å². The van der Waals surface area contributed by atoms with Crippen LogP contribution in [0, 0.1) is 13.8 Å². The van der Waals surface area contributed by atoms with E-state index in [4.69, 9.17) is 0 Å². The van der Waals surface area contributed by atoms with Crippen molar-refractivity contribution < 1.29 is 0 Å². The van der Waals surface area contributed by atoms with Crippen LogP contribution in [0.15, 0.2) is 30.5 Å². The molecule has 23 heavy (non-hydrogen) atoms. The number of hydrogen-bond acceptors (Lipinski definition) is 3. The smallest absolute Gasteiger partial charge is 0.176 e. The Labute approximate surface area is 142 Å². The maximum Gasteiger partial charge on any atom is 0.176 e. The van der Waals surface area contributed by atoms with Crippen molar-refractivity contribution >= 4 is 29.1 Å². The van der Waals surface area contributed by atoms with Gasteiger partial charge in [0.15, 0.2) is 5.82 Å². The number of hydrogen-bond donors (Lipinski definition) is 1. The van der Waals surface area contributed by atoms with Crippen LogP contribution in [0.25, 0.3) is 10.9 Å². The van der Waals surface area contributed by atoms with Crippen LogP contribution < -0.4 is 4.90 Å². The lowest BCUT2D eigenvalue weighted by Crippen LogP contribution is -2.34. The molecule has 1 aromatic carbocycles. The number of aromatic amines is 1. The summed E-state index contributed by atoms with van der Waals surface area (Å²) in [5, 5.41) is 9.87. The Kier molecular flexibility index (Phi) is 4.02. The summed E-state index contributed by atoms with van der Waals surface area (Å²) >= 11 is 0. The zero-order valence-electron chi connectivity index (χ0n) is 13.6. The number of anilines is 1. The number of halogens is 1. The third kappa shape index (κ3) is 2.38. The van der Waals surface area contributed by atoms with Gasteiger partial charge in [0.25, 0.3) is 0 Å². The molecule has 5 heteroatoms. The second-order valence-electron chi connectivity index (χ2n) is 6.15. The molecule has 0 spiro atoms. The van der Waals surface area contributed by atoms with Crippen LogP contribution in [0.2, 0.25) is 0 Å². The molecule has 4 nitrogen and oxygen atoms in total. The summed E-state index contributed by atoms with van der Waals surface area (Å²) in [7, 11) is 0. The lowest BCUT2D eigenvalue weighted by molar-refractivity contribution is 0.615. The van der Waals surface area contributed by atoms with Crippen LogP contribution in [-0.2, 0) is 6.42 Å². The Hall–Kier alpha value is -2.07.